The van der Waals surface area contributed by atoms with Gasteiger partial charge in [0.1, 0.15) is 5.75 Å². The van der Waals surface area contributed by atoms with E-state index in [4.69, 9.17) is 0 Å². The lowest BCUT2D eigenvalue weighted by Gasteiger charge is -2.10. The molecule has 0 fully saturated rings. The van der Waals surface area contributed by atoms with E-state index in [1.54, 1.807) is 12.1 Å². The Bertz CT molecular complexity index is 379. The Morgan fingerprint density at radius 3 is 2.81 bits per heavy atom. The number of carbonyl (C=O) groups is 1. The van der Waals surface area contributed by atoms with Crippen molar-refractivity contribution in [1.29, 1.82) is 0 Å². The maximum atomic E-state index is 11.7. The lowest BCUT2D eigenvalue weighted by molar-refractivity contribution is 0.0946. The number of aromatic hydroxyl groups is 1. The number of amides is 1. The minimum atomic E-state index is -0.231. The zero-order valence-corrected chi connectivity index (χ0v) is 11.0. The molecule has 1 atom stereocenters. The van der Waals surface area contributed by atoms with Crippen LogP contribution < -0.4 is 5.32 Å². The first-order chi connectivity index (χ1) is 7.54. The summed E-state index contributed by atoms with van der Waals surface area (Å²) in [5, 5.41) is 13.2. The van der Waals surface area contributed by atoms with Crippen LogP contribution in [0.1, 0.15) is 22.8 Å². The number of nitrogens with one attached hydrogen (secondary N) is 1. The number of hydrogen-bond donors (Lipinski definition) is 2. The van der Waals surface area contributed by atoms with Gasteiger partial charge in [0, 0.05) is 11.9 Å². The molecule has 0 aliphatic carbocycles. The summed E-state index contributed by atoms with van der Waals surface area (Å²) in [6, 6.07) is 5.03. The van der Waals surface area contributed by atoms with Gasteiger partial charge in [0.05, 0.1) is 5.56 Å². The number of alkyl halides is 1. The third-order valence-corrected chi connectivity index (χ3v) is 3.38. The van der Waals surface area contributed by atoms with Gasteiger partial charge in [-0.3, -0.25) is 4.79 Å². The predicted molar refractivity (Wildman–Crippen MR) is 68.1 cm³/mol. The summed E-state index contributed by atoms with van der Waals surface area (Å²) in [6.45, 7) is 4.50. The van der Waals surface area contributed by atoms with Crippen LogP contribution in [0.15, 0.2) is 18.2 Å². The Morgan fingerprint density at radius 2 is 2.25 bits per heavy atom. The maximum absolute atomic E-state index is 11.7. The topological polar surface area (TPSA) is 49.3 Å². The number of carbonyl (C=O) groups excluding carboxylic acids is 1. The van der Waals surface area contributed by atoms with E-state index in [1.165, 1.54) is 0 Å². The monoisotopic (exact) mass is 285 g/mol. The number of phenolic OH excluding ortho intramolecular Hbond substituents is 1. The van der Waals surface area contributed by atoms with Crippen LogP contribution in [0.2, 0.25) is 0 Å². The molecule has 1 unspecified atom stereocenters. The molecule has 0 heterocycles. The molecule has 0 saturated carbocycles. The quantitative estimate of drug-likeness (QED) is 0.835. The summed E-state index contributed by atoms with van der Waals surface area (Å²) in [5.41, 5.74) is 1.26. The zero-order chi connectivity index (χ0) is 12.1. The molecule has 4 heteroatoms. The van der Waals surface area contributed by atoms with Crippen molar-refractivity contribution in [3.8, 4) is 5.75 Å². The molecule has 16 heavy (non-hydrogen) atoms. The number of benzene rings is 1. The first-order valence-electron chi connectivity index (χ1n) is 5.18. The lowest BCUT2D eigenvalue weighted by atomic mass is 10.1. The molecule has 0 aliphatic rings. The summed E-state index contributed by atoms with van der Waals surface area (Å²) in [5.74, 6) is 0.172. The summed E-state index contributed by atoms with van der Waals surface area (Å²) < 4.78 is 0. The minimum absolute atomic E-state index is 0.0315. The predicted octanol–water partition coefficient (Wildman–Crippen LogP) is 2.46. The second-order valence-corrected chi connectivity index (χ2v) is 4.64. The van der Waals surface area contributed by atoms with Crippen LogP contribution in [-0.4, -0.2) is 22.9 Å². The molecule has 1 aromatic rings. The van der Waals surface area contributed by atoms with E-state index >= 15 is 0 Å². The molecule has 1 rings (SSSR count). The van der Waals surface area contributed by atoms with Gasteiger partial charge in [-0.15, -0.1) is 0 Å². The van der Waals surface area contributed by atoms with Gasteiger partial charge in [0.15, 0.2) is 0 Å². The number of aryl methyl sites for hydroxylation is 1. The number of rotatable bonds is 4. The second kappa shape index (κ2) is 5.89. The van der Waals surface area contributed by atoms with Crippen molar-refractivity contribution in [1.82, 2.24) is 5.32 Å². The zero-order valence-electron chi connectivity index (χ0n) is 9.46. The molecule has 1 amide bonds. The SMILES string of the molecule is Cc1ccc(C(=O)NCC(C)CBr)c(O)c1. The van der Waals surface area contributed by atoms with E-state index in [0.717, 1.165) is 10.9 Å². The third kappa shape index (κ3) is 3.52. The third-order valence-electron chi connectivity index (χ3n) is 2.27. The summed E-state index contributed by atoms with van der Waals surface area (Å²) in [7, 11) is 0. The van der Waals surface area contributed by atoms with Crippen LogP contribution >= 0.6 is 15.9 Å². The fraction of sp³-hybridized carbons (Fsp3) is 0.417. The molecule has 2 N–H and O–H groups in total. The van der Waals surface area contributed by atoms with E-state index in [2.05, 4.69) is 21.2 Å². The standard InChI is InChI=1S/C12H16BrNO2/c1-8-3-4-10(11(15)5-8)12(16)14-7-9(2)6-13/h3-5,9,15H,6-7H2,1-2H3,(H,14,16). The molecule has 0 radical (unpaired) electrons. The highest BCUT2D eigenvalue weighted by atomic mass is 79.9. The Balaban J connectivity index is 2.66. The van der Waals surface area contributed by atoms with E-state index in [1.807, 2.05) is 19.9 Å². The molecular formula is C12H16BrNO2. The van der Waals surface area contributed by atoms with E-state index in [9.17, 15) is 9.90 Å². The van der Waals surface area contributed by atoms with E-state index < -0.39 is 0 Å². The van der Waals surface area contributed by atoms with Crippen LogP contribution in [0.5, 0.6) is 5.75 Å². The van der Waals surface area contributed by atoms with Crippen molar-refractivity contribution in [2.45, 2.75) is 13.8 Å². The van der Waals surface area contributed by atoms with Gasteiger partial charge in [-0.1, -0.05) is 28.9 Å². The molecule has 0 aliphatic heterocycles. The van der Waals surface area contributed by atoms with E-state index in [-0.39, 0.29) is 11.7 Å². The smallest absolute Gasteiger partial charge is 0.255 e. The highest BCUT2D eigenvalue weighted by molar-refractivity contribution is 9.09. The van der Waals surface area contributed by atoms with Crippen molar-refractivity contribution in [3.63, 3.8) is 0 Å². The molecular weight excluding hydrogens is 270 g/mol. The molecule has 3 nitrogen and oxygen atoms in total. The van der Waals surface area contributed by atoms with Crippen LogP contribution in [0.25, 0.3) is 0 Å². The molecule has 88 valence electrons. The maximum Gasteiger partial charge on any atom is 0.255 e. The summed E-state index contributed by atoms with van der Waals surface area (Å²) >= 11 is 3.34. The summed E-state index contributed by atoms with van der Waals surface area (Å²) in [4.78, 5) is 11.7. The minimum Gasteiger partial charge on any atom is -0.507 e. The fourth-order valence-electron chi connectivity index (χ4n) is 1.25. The Morgan fingerprint density at radius 1 is 1.56 bits per heavy atom. The van der Waals surface area contributed by atoms with Crippen molar-refractivity contribution in [2.75, 3.05) is 11.9 Å². The van der Waals surface area contributed by atoms with Gasteiger partial charge in [0.2, 0.25) is 0 Å². The Hall–Kier alpha value is -1.03. The van der Waals surface area contributed by atoms with Gasteiger partial charge >= 0.3 is 0 Å². The van der Waals surface area contributed by atoms with Crippen LogP contribution in [0.4, 0.5) is 0 Å². The molecule has 0 aromatic heterocycles. The summed E-state index contributed by atoms with van der Waals surface area (Å²) in [6.07, 6.45) is 0. The average molecular weight is 286 g/mol. The lowest BCUT2D eigenvalue weighted by Crippen LogP contribution is -2.28. The first-order valence-corrected chi connectivity index (χ1v) is 6.30. The number of halogens is 1. The van der Waals surface area contributed by atoms with Crippen LogP contribution in [-0.2, 0) is 0 Å². The fourth-order valence-corrected chi connectivity index (χ4v) is 1.48. The normalized spacial score (nSPS) is 12.2. The molecule has 0 saturated heterocycles. The van der Waals surface area contributed by atoms with Gasteiger partial charge in [0.25, 0.3) is 5.91 Å². The van der Waals surface area contributed by atoms with Crippen LogP contribution in [0.3, 0.4) is 0 Å². The first kappa shape index (κ1) is 13.0. The van der Waals surface area contributed by atoms with Crippen molar-refractivity contribution < 1.29 is 9.90 Å². The van der Waals surface area contributed by atoms with E-state index in [0.29, 0.717) is 18.0 Å². The largest absolute Gasteiger partial charge is 0.507 e. The molecule has 1 aromatic carbocycles. The van der Waals surface area contributed by atoms with Gasteiger partial charge < -0.3 is 10.4 Å². The molecule has 0 spiro atoms. The van der Waals surface area contributed by atoms with Crippen LogP contribution in [0, 0.1) is 12.8 Å². The highest BCUT2D eigenvalue weighted by Crippen LogP contribution is 2.18. The highest BCUT2D eigenvalue weighted by Gasteiger charge is 2.11. The Kier molecular flexibility index (Phi) is 4.80. The number of hydrogen-bond acceptors (Lipinski definition) is 2. The van der Waals surface area contributed by atoms with Gasteiger partial charge in [-0.05, 0) is 30.5 Å². The Labute approximate surface area is 104 Å². The average Bonchev–Trinajstić information content (AvgIpc) is 2.25. The van der Waals surface area contributed by atoms with Crippen molar-refractivity contribution >= 4 is 21.8 Å². The van der Waals surface area contributed by atoms with Crippen molar-refractivity contribution in [3.05, 3.63) is 29.3 Å². The van der Waals surface area contributed by atoms with Gasteiger partial charge in [-0.25, -0.2) is 0 Å². The molecule has 0 bridgehead atoms. The second-order valence-electron chi connectivity index (χ2n) is 3.99. The van der Waals surface area contributed by atoms with Gasteiger partial charge in [-0.2, -0.15) is 0 Å². The van der Waals surface area contributed by atoms with Crippen molar-refractivity contribution in [2.24, 2.45) is 5.92 Å². The number of phenols is 1.